The van der Waals surface area contributed by atoms with Gasteiger partial charge in [-0.1, -0.05) is 0 Å². The van der Waals surface area contributed by atoms with E-state index < -0.39 is 0 Å². The maximum Gasteiger partial charge on any atom is 0.139 e. The standard InChI is InChI=1S/C13H14FNO/c1-13(4-2-5-15-13)11-8-10(14)7-9-3-6-16-12(9)11/h3,6-8,15H,2,4-5H2,1H3. The number of fused-ring (bicyclic) bond motifs is 1. The van der Waals surface area contributed by atoms with Crippen LogP contribution in [0, 0.1) is 5.82 Å². The fourth-order valence-electron chi connectivity index (χ4n) is 2.58. The summed E-state index contributed by atoms with van der Waals surface area (Å²) in [5.41, 5.74) is 1.58. The van der Waals surface area contributed by atoms with Gasteiger partial charge >= 0.3 is 0 Å². The lowest BCUT2D eigenvalue weighted by Crippen LogP contribution is -2.33. The van der Waals surface area contributed by atoms with Gasteiger partial charge in [-0.15, -0.1) is 0 Å². The van der Waals surface area contributed by atoms with Crippen molar-refractivity contribution in [3.63, 3.8) is 0 Å². The number of nitrogens with one attached hydrogen (secondary N) is 1. The molecule has 1 N–H and O–H groups in total. The van der Waals surface area contributed by atoms with Gasteiger partial charge in [-0.2, -0.15) is 0 Å². The van der Waals surface area contributed by atoms with Crippen LogP contribution in [-0.2, 0) is 5.54 Å². The molecule has 0 aliphatic carbocycles. The smallest absolute Gasteiger partial charge is 0.139 e. The second kappa shape index (κ2) is 3.32. The second-order valence-electron chi connectivity index (χ2n) is 4.65. The van der Waals surface area contributed by atoms with Gasteiger partial charge in [-0.05, 0) is 44.5 Å². The highest BCUT2D eigenvalue weighted by molar-refractivity contribution is 5.81. The SMILES string of the molecule is CC1(c2cc(F)cc3ccoc23)CCCN1. The maximum absolute atomic E-state index is 13.5. The molecule has 1 aliphatic rings. The minimum atomic E-state index is -0.196. The summed E-state index contributed by atoms with van der Waals surface area (Å²) in [6.07, 6.45) is 3.76. The van der Waals surface area contributed by atoms with Crippen molar-refractivity contribution >= 4 is 11.0 Å². The van der Waals surface area contributed by atoms with Crippen LogP contribution < -0.4 is 5.32 Å². The van der Waals surface area contributed by atoms with Crippen molar-refractivity contribution < 1.29 is 8.81 Å². The molecule has 0 saturated carbocycles. The third-order valence-corrected chi connectivity index (χ3v) is 3.48. The third kappa shape index (κ3) is 1.35. The molecule has 0 bridgehead atoms. The number of halogens is 1. The van der Waals surface area contributed by atoms with E-state index in [0.717, 1.165) is 35.9 Å². The van der Waals surface area contributed by atoms with Gasteiger partial charge in [-0.3, -0.25) is 0 Å². The van der Waals surface area contributed by atoms with E-state index in [-0.39, 0.29) is 11.4 Å². The first-order chi connectivity index (χ1) is 7.69. The van der Waals surface area contributed by atoms with Gasteiger partial charge in [0, 0.05) is 16.5 Å². The Morgan fingerprint density at radius 1 is 1.44 bits per heavy atom. The van der Waals surface area contributed by atoms with Gasteiger partial charge in [0.25, 0.3) is 0 Å². The first-order valence-electron chi connectivity index (χ1n) is 5.61. The summed E-state index contributed by atoms with van der Waals surface area (Å²) >= 11 is 0. The zero-order chi connectivity index (χ0) is 11.2. The normalized spacial score (nSPS) is 25.4. The lowest BCUT2D eigenvalue weighted by Gasteiger charge is -2.25. The first kappa shape index (κ1) is 9.85. The number of hydrogen-bond acceptors (Lipinski definition) is 2. The van der Waals surface area contributed by atoms with E-state index in [0.29, 0.717) is 0 Å². The Morgan fingerprint density at radius 3 is 3.06 bits per heavy atom. The summed E-state index contributed by atoms with van der Waals surface area (Å²) in [5.74, 6) is -0.196. The summed E-state index contributed by atoms with van der Waals surface area (Å²) in [5, 5.41) is 4.27. The predicted octanol–water partition coefficient (Wildman–Crippen LogP) is 3.17. The van der Waals surface area contributed by atoms with Crippen molar-refractivity contribution in [2.24, 2.45) is 0 Å². The Morgan fingerprint density at radius 2 is 2.31 bits per heavy atom. The van der Waals surface area contributed by atoms with Crippen molar-refractivity contribution in [3.8, 4) is 0 Å². The molecular weight excluding hydrogens is 205 g/mol. The Bertz CT molecular complexity index is 526. The van der Waals surface area contributed by atoms with Gasteiger partial charge in [0.15, 0.2) is 0 Å². The van der Waals surface area contributed by atoms with Gasteiger partial charge in [0.05, 0.1) is 6.26 Å². The highest BCUT2D eigenvalue weighted by atomic mass is 19.1. The topological polar surface area (TPSA) is 25.2 Å². The molecule has 0 amide bonds. The second-order valence-corrected chi connectivity index (χ2v) is 4.65. The number of hydrogen-bond donors (Lipinski definition) is 1. The van der Waals surface area contributed by atoms with Crippen LogP contribution >= 0.6 is 0 Å². The van der Waals surface area contributed by atoms with Crippen LogP contribution in [0.4, 0.5) is 4.39 Å². The van der Waals surface area contributed by atoms with Crippen LogP contribution in [0.5, 0.6) is 0 Å². The molecule has 2 aromatic rings. The molecule has 3 heteroatoms. The Hall–Kier alpha value is -1.35. The number of benzene rings is 1. The van der Waals surface area contributed by atoms with Crippen molar-refractivity contribution in [3.05, 3.63) is 35.8 Å². The Labute approximate surface area is 93.4 Å². The van der Waals surface area contributed by atoms with Crippen LogP contribution in [0.25, 0.3) is 11.0 Å². The van der Waals surface area contributed by atoms with Crippen molar-refractivity contribution in [2.45, 2.75) is 25.3 Å². The quantitative estimate of drug-likeness (QED) is 0.797. The molecule has 1 aromatic heterocycles. The molecule has 1 atom stereocenters. The zero-order valence-corrected chi connectivity index (χ0v) is 9.22. The number of furan rings is 1. The van der Waals surface area contributed by atoms with E-state index in [1.165, 1.54) is 6.07 Å². The van der Waals surface area contributed by atoms with Crippen LogP contribution in [0.3, 0.4) is 0 Å². The summed E-state index contributed by atoms with van der Waals surface area (Å²) < 4.78 is 19.0. The third-order valence-electron chi connectivity index (χ3n) is 3.48. The fraction of sp³-hybridized carbons (Fsp3) is 0.385. The first-order valence-corrected chi connectivity index (χ1v) is 5.61. The molecule has 1 unspecified atom stereocenters. The summed E-state index contributed by atoms with van der Waals surface area (Å²) in [6.45, 7) is 3.09. The fourth-order valence-corrected chi connectivity index (χ4v) is 2.58. The van der Waals surface area contributed by atoms with Crippen molar-refractivity contribution in [1.82, 2.24) is 5.32 Å². The lowest BCUT2D eigenvalue weighted by molar-refractivity contribution is 0.428. The molecule has 1 aliphatic heterocycles. The van der Waals surface area contributed by atoms with Crippen molar-refractivity contribution in [1.29, 1.82) is 0 Å². The van der Waals surface area contributed by atoms with Crippen LogP contribution in [0.15, 0.2) is 28.9 Å². The van der Waals surface area contributed by atoms with E-state index >= 15 is 0 Å². The zero-order valence-electron chi connectivity index (χ0n) is 9.22. The maximum atomic E-state index is 13.5. The van der Waals surface area contributed by atoms with E-state index in [9.17, 15) is 4.39 Å². The van der Waals surface area contributed by atoms with Gasteiger partial charge in [0.1, 0.15) is 11.4 Å². The minimum absolute atomic E-state index is 0.155. The Kier molecular flexibility index (Phi) is 2.04. The van der Waals surface area contributed by atoms with Crippen LogP contribution in [0.2, 0.25) is 0 Å². The summed E-state index contributed by atoms with van der Waals surface area (Å²) in [4.78, 5) is 0. The van der Waals surface area contributed by atoms with E-state index in [2.05, 4.69) is 12.2 Å². The summed E-state index contributed by atoms with van der Waals surface area (Å²) in [6, 6.07) is 4.91. The average molecular weight is 219 g/mol. The molecule has 2 nitrogen and oxygen atoms in total. The molecule has 0 spiro atoms. The van der Waals surface area contributed by atoms with Gasteiger partial charge in [-0.25, -0.2) is 4.39 Å². The van der Waals surface area contributed by atoms with E-state index in [4.69, 9.17) is 4.42 Å². The highest BCUT2D eigenvalue weighted by Crippen LogP contribution is 2.35. The molecule has 0 radical (unpaired) electrons. The molecule has 3 rings (SSSR count). The largest absolute Gasteiger partial charge is 0.464 e. The number of rotatable bonds is 1. The Balaban J connectivity index is 2.25. The molecular formula is C13H14FNO. The molecule has 1 saturated heterocycles. The average Bonchev–Trinajstić information content (AvgIpc) is 2.85. The molecule has 84 valence electrons. The lowest BCUT2D eigenvalue weighted by atomic mass is 9.89. The van der Waals surface area contributed by atoms with Gasteiger partial charge < -0.3 is 9.73 Å². The van der Waals surface area contributed by atoms with Crippen LogP contribution in [-0.4, -0.2) is 6.54 Å². The van der Waals surface area contributed by atoms with Crippen molar-refractivity contribution in [2.75, 3.05) is 6.54 Å². The summed E-state index contributed by atoms with van der Waals surface area (Å²) in [7, 11) is 0. The monoisotopic (exact) mass is 219 g/mol. The molecule has 16 heavy (non-hydrogen) atoms. The van der Waals surface area contributed by atoms with Crippen LogP contribution in [0.1, 0.15) is 25.3 Å². The molecule has 2 heterocycles. The van der Waals surface area contributed by atoms with E-state index in [1.807, 2.05) is 0 Å². The molecule has 1 fully saturated rings. The van der Waals surface area contributed by atoms with E-state index in [1.54, 1.807) is 18.4 Å². The predicted molar refractivity (Wildman–Crippen MR) is 60.8 cm³/mol. The molecule has 1 aromatic carbocycles. The van der Waals surface area contributed by atoms with Gasteiger partial charge in [0.2, 0.25) is 0 Å². The minimum Gasteiger partial charge on any atom is -0.464 e. The highest BCUT2D eigenvalue weighted by Gasteiger charge is 2.32.